The van der Waals surface area contributed by atoms with Gasteiger partial charge in [-0.15, -0.1) is 0 Å². The minimum absolute atomic E-state index is 0.101. The minimum Gasteiger partial charge on any atom is -0.481 e. The molecule has 0 spiro atoms. The molecule has 19 heavy (non-hydrogen) atoms. The van der Waals surface area contributed by atoms with Gasteiger partial charge in [-0.2, -0.15) is 0 Å². The molecular weight excluding hydrogens is 250 g/mol. The summed E-state index contributed by atoms with van der Waals surface area (Å²) in [7, 11) is 0. The Bertz CT molecular complexity index is 338. The second-order valence-electron chi connectivity index (χ2n) is 4.20. The molecule has 0 heterocycles. The number of carbonyl (C=O) groups is 3. The quantitative estimate of drug-likeness (QED) is 0.464. The van der Waals surface area contributed by atoms with E-state index >= 15 is 0 Å². The van der Waals surface area contributed by atoms with Crippen LogP contribution in [0.3, 0.4) is 0 Å². The summed E-state index contributed by atoms with van der Waals surface area (Å²) in [5, 5.41) is 17.1. The number of carboxylic acid groups (broad SMARTS) is 2. The first-order valence-corrected chi connectivity index (χ1v) is 6.39. The summed E-state index contributed by atoms with van der Waals surface area (Å²) in [5.41, 5.74) is 0. The monoisotopic (exact) mass is 271 g/mol. The molecule has 0 fully saturated rings. The second-order valence-corrected chi connectivity index (χ2v) is 4.20. The van der Waals surface area contributed by atoms with Gasteiger partial charge in [0.1, 0.15) is 0 Å². The van der Waals surface area contributed by atoms with Crippen LogP contribution in [0.5, 0.6) is 0 Å². The third-order valence-corrected chi connectivity index (χ3v) is 2.56. The number of hydrogen-bond acceptors (Lipinski definition) is 3. The summed E-state index contributed by atoms with van der Waals surface area (Å²) in [6.07, 6.45) is 5.48. The van der Waals surface area contributed by atoms with Crippen molar-refractivity contribution in [1.29, 1.82) is 0 Å². The Labute approximate surface area is 112 Å². The van der Waals surface area contributed by atoms with Gasteiger partial charge in [-0.3, -0.25) is 9.59 Å². The molecule has 0 bridgehead atoms. The van der Waals surface area contributed by atoms with Crippen LogP contribution >= 0.6 is 0 Å². The van der Waals surface area contributed by atoms with E-state index in [0.717, 1.165) is 37.8 Å². The Balaban J connectivity index is 4.34. The first kappa shape index (κ1) is 17.2. The lowest BCUT2D eigenvalue weighted by atomic mass is 10.2. The largest absolute Gasteiger partial charge is 0.481 e. The van der Waals surface area contributed by atoms with Crippen LogP contribution in [-0.4, -0.2) is 46.0 Å². The lowest BCUT2D eigenvalue weighted by Crippen LogP contribution is -2.32. The molecule has 6 nitrogen and oxygen atoms in total. The Morgan fingerprint density at radius 2 is 1.68 bits per heavy atom. The Morgan fingerprint density at radius 3 is 2.21 bits per heavy atom. The maximum absolute atomic E-state index is 11.7. The molecular formula is C13H21NO5. The van der Waals surface area contributed by atoms with Crippen molar-refractivity contribution in [1.82, 2.24) is 4.90 Å². The van der Waals surface area contributed by atoms with Crippen molar-refractivity contribution in [2.75, 3.05) is 13.1 Å². The van der Waals surface area contributed by atoms with E-state index < -0.39 is 17.8 Å². The molecule has 0 aliphatic carbocycles. The molecule has 1 amide bonds. The molecule has 0 aromatic rings. The van der Waals surface area contributed by atoms with E-state index in [0.29, 0.717) is 6.54 Å². The van der Waals surface area contributed by atoms with Crippen molar-refractivity contribution in [3.63, 3.8) is 0 Å². The fourth-order valence-electron chi connectivity index (χ4n) is 1.54. The van der Waals surface area contributed by atoms with E-state index in [2.05, 4.69) is 6.92 Å². The van der Waals surface area contributed by atoms with Crippen LogP contribution in [0.25, 0.3) is 0 Å². The van der Waals surface area contributed by atoms with Crippen molar-refractivity contribution in [3.8, 4) is 0 Å². The van der Waals surface area contributed by atoms with E-state index in [1.54, 1.807) is 0 Å². The van der Waals surface area contributed by atoms with Crippen molar-refractivity contribution in [3.05, 3.63) is 12.2 Å². The summed E-state index contributed by atoms with van der Waals surface area (Å²) in [6, 6.07) is 0. The standard InChI is InChI=1S/C13H21NO5/c1-2-3-4-5-9-14(10-8-13(18)19)11(15)6-7-12(16)17/h6-7H,2-5,8-10H2,1H3,(H,16,17)(H,18,19)/b7-6-. The Morgan fingerprint density at radius 1 is 1.00 bits per heavy atom. The zero-order valence-electron chi connectivity index (χ0n) is 11.2. The molecule has 0 rings (SSSR count). The third-order valence-electron chi connectivity index (χ3n) is 2.56. The number of carbonyl (C=O) groups excluding carboxylic acids is 1. The highest BCUT2D eigenvalue weighted by Crippen LogP contribution is 2.03. The SMILES string of the molecule is CCCCCCN(CCC(=O)O)C(=O)/C=C\C(=O)O. The highest BCUT2D eigenvalue weighted by molar-refractivity contribution is 5.94. The Hall–Kier alpha value is -1.85. The molecule has 0 unspecified atom stereocenters. The molecule has 108 valence electrons. The molecule has 0 atom stereocenters. The van der Waals surface area contributed by atoms with Crippen LogP contribution in [0, 0.1) is 0 Å². The summed E-state index contributed by atoms with van der Waals surface area (Å²) < 4.78 is 0. The average molecular weight is 271 g/mol. The third kappa shape index (κ3) is 9.82. The number of carboxylic acids is 2. The molecule has 0 aliphatic heterocycles. The molecule has 0 aliphatic rings. The van der Waals surface area contributed by atoms with Crippen LogP contribution in [0.1, 0.15) is 39.0 Å². The van der Waals surface area contributed by atoms with E-state index in [-0.39, 0.29) is 13.0 Å². The van der Waals surface area contributed by atoms with Gasteiger partial charge in [-0.1, -0.05) is 26.2 Å². The first-order chi connectivity index (χ1) is 8.97. The van der Waals surface area contributed by atoms with Gasteiger partial charge < -0.3 is 15.1 Å². The van der Waals surface area contributed by atoms with E-state index in [1.165, 1.54) is 4.90 Å². The molecule has 0 saturated carbocycles. The number of hydrogen-bond donors (Lipinski definition) is 2. The molecule has 2 N–H and O–H groups in total. The van der Waals surface area contributed by atoms with Gasteiger partial charge in [0.2, 0.25) is 5.91 Å². The van der Waals surface area contributed by atoms with Gasteiger partial charge in [-0.25, -0.2) is 4.79 Å². The first-order valence-electron chi connectivity index (χ1n) is 6.39. The maximum Gasteiger partial charge on any atom is 0.328 e. The summed E-state index contributed by atoms with van der Waals surface area (Å²) in [4.78, 5) is 33.9. The highest BCUT2D eigenvalue weighted by atomic mass is 16.4. The van der Waals surface area contributed by atoms with E-state index in [9.17, 15) is 14.4 Å². The van der Waals surface area contributed by atoms with Crippen LogP contribution in [0.2, 0.25) is 0 Å². The zero-order chi connectivity index (χ0) is 14.7. The van der Waals surface area contributed by atoms with Gasteiger partial charge in [0.25, 0.3) is 0 Å². The second kappa shape index (κ2) is 10.1. The normalized spacial score (nSPS) is 10.6. The number of unbranched alkanes of at least 4 members (excludes halogenated alkanes) is 3. The van der Waals surface area contributed by atoms with Gasteiger partial charge in [0.15, 0.2) is 0 Å². The lowest BCUT2D eigenvalue weighted by Gasteiger charge is -2.20. The van der Waals surface area contributed by atoms with Crippen molar-refractivity contribution >= 4 is 17.8 Å². The van der Waals surface area contributed by atoms with E-state index in [4.69, 9.17) is 10.2 Å². The number of aliphatic carboxylic acids is 2. The molecule has 6 heteroatoms. The molecule has 0 radical (unpaired) electrons. The fourth-order valence-corrected chi connectivity index (χ4v) is 1.54. The molecule has 0 aromatic heterocycles. The van der Waals surface area contributed by atoms with Crippen molar-refractivity contribution in [2.24, 2.45) is 0 Å². The zero-order valence-corrected chi connectivity index (χ0v) is 11.2. The Kier molecular flexibility index (Phi) is 9.12. The molecule has 0 saturated heterocycles. The maximum atomic E-state index is 11.7. The number of amides is 1. The predicted molar refractivity (Wildman–Crippen MR) is 69.8 cm³/mol. The minimum atomic E-state index is -1.20. The van der Waals surface area contributed by atoms with Gasteiger partial charge >= 0.3 is 11.9 Å². The summed E-state index contributed by atoms with van der Waals surface area (Å²) >= 11 is 0. The van der Waals surface area contributed by atoms with Crippen molar-refractivity contribution in [2.45, 2.75) is 39.0 Å². The summed E-state index contributed by atoms with van der Waals surface area (Å²) in [5.74, 6) is -2.63. The smallest absolute Gasteiger partial charge is 0.328 e. The topological polar surface area (TPSA) is 94.9 Å². The van der Waals surface area contributed by atoms with Gasteiger partial charge in [0.05, 0.1) is 6.42 Å². The predicted octanol–water partition coefficient (Wildman–Crippen LogP) is 1.51. The van der Waals surface area contributed by atoms with Crippen molar-refractivity contribution < 1.29 is 24.6 Å². The van der Waals surface area contributed by atoms with Gasteiger partial charge in [0, 0.05) is 25.2 Å². The van der Waals surface area contributed by atoms with Crippen LogP contribution < -0.4 is 0 Å². The number of rotatable bonds is 10. The highest BCUT2D eigenvalue weighted by Gasteiger charge is 2.12. The van der Waals surface area contributed by atoms with Crippen LogP contribution in [0.4, 0.5) is 0 Å². The lowest BCUT2D eigenvalue weighted by molar-refractivity contribution is -0.138. The fraction of sp³-hybridized carbons (Fsp3) is 0.615. The number of nitrogens with zero attached hydrogens (tertiary/aromatic N) is 1. The summed E-state index contributed by atoms with van der Waals surface area (Å²) in [6.45, 7) is 2.63. The molecule has 0 aromatic carbocycles. The van der Waals surface area contributed by atoms with Gasteiger partial charge in [-0.05, 0) is 6.42 Å². The van der Waals surface area contributed by atoms with Crippen LogP contribution in [-0.2, 0) is 14.4 Å². The van der Waals surface area contributed by atoms with E-state index in [1.807, 2.05) is 0 Å². The van der Waals surface area contributed by atoms with Crippen LogP contribution in [0.15, 0.2) is 12.2 Å². The average Bonchev–Trinajstić information content (AvgIpc) is 2.34.